The van der Waals surface area contributed by atoms with Gasteiger partial charge in [0.05, 0.1) is 10.4 Å². The van der Waals surface area contributed by atoms with Crippen molar-refractivity contribution in [2.75, 3.05) is 0 Å². The molecule has 1 heterocycles. The number of hydrogen-bond acceptors (Lipinski definition) is 2. The highest BCUT2D eigenvalue weighted by atomic mass is 35.5. The molecule has 0 amide bonds. The summed E-state index contributed by atoms with van der Waals surface area (Å²) < 4.78 is 0.847. The highest BCUT2D eigenvalue weighted by molar-refractivity contribution is 7.16. The quantitative estimate of drug-likeness (QED) is 0.822. The fourth-order valence-corrected chi connectivity index (χ4v) is 3.61. The maximum atomic E-state index is 9.78. The Morgan fingerprint density at radius 2 is 2.36 bits per heavy atom. The molecule has 3 atom stereocenters. The second-order valence-electron chi connectivity index (χ2n) is 4.31. The normalized spacial score (nSPS) is 36.9. The van der Waals surface area contributed by atoms with E-state index < -0.39 is 0 Å². The van der Waals surface area contributed by atoms with E-state index in [1.54, 1.807) is 11.3 Å². The molecule has 0 radical (unpaired) electrons. The SMILES string of the molecule is CCC1(C)C(O)CC1c1ccc(Cl)s1. The first-order chi connectivity index (χ1) is 6.58. The van der Waals surface area contributed by atoms with Gasteiger partial charge in [-0.2, -0.15) is 0 Å². The van der Waals surface area contributed by atoms with Crippen LogP contribution in [0.5, 0.6) is 0 Å². The molecule has 0 saturated heterocycles. The van der Waals surface area contributed by atoms with Gasteiger partial charge >= 0.3 is 0 Å². The Morgan fingerprint density at radius 3 is 2.79 bits per heavy atom. The summed E-state index contributed by atoms with van der Waals surface area (Å²) in [6.45, 7) is 4.31. The lowest BCUT2D eigenvalue weighted by atomic mass is 9.57. The van der Waals surface area contributed by atoms with Gasteiger partial charge in [0.15, 0.2) is 0 Å². The van der Waals surface area contributed by atoms with Crippen LogP contribution in [0.1, 0.15) is 37.5 Å². The lowest BCUT2D eigenvalue weighted by molar-refractivity contribution is -0.0766. The molecule has 1 aromatic rings. The molecule has 1 N–H and O–H groups in total. The summed E-state index contributed by atoms with van der Waals surface area (Å²) in [5.74, 6) is 0.500. The van der Waals surface area contributed by atoms with Crippen molar-refractivity contribution in [1.29, 1.82) is 0 Å². The van der Waals surface area contributed by atoms with Crippen LogP contribution in [0, 0.1) is 5.41 Å². The topological polar surface area (TPSA) is 20.2 Å². The number of hydrogen-bond donors (Lipinski definition) is 1. The van der Waals surface area contributed by atoms with Gasteiger partial charge in [0.25, 0.3) is 0 Å². The van der Waals surface area contributed by atoms with Crippen LogP contribution >= 0.6 is 22.9 Å². The van der Waals surface area contributed by atoms with Gasteiger partial charge in [-0.15, -0.1) is 11.3 Å². The third kappa shape index (κ3) is 1.40. The van der Waals surface area contributed by atoms with Crippen LogP contribution in [0.3, 0.4) is 0 Å². The lowest BCUT2D eigenvalue weighted by Gasteiger charge is -2.51. The minimum atomic E-state index is -0.140. The minimum Gasteiger partial charge on any atom is -0.393 e. The molecule has 1 saturated carbocycles. The van der Waals surface area contributed by atoms with Crippen LogP contribution in [0.4, 0.5) is 0 Å². The summed E-state index contributed by atoms with van der Waals surface area (Å²) >= 11 is 7.56. The van der Waals surface area contributed by atoms with Crippen LogP contribution in [-0.2, 0) is 0 Å². The molecule has 3 unspecified atom stereocenters. The van der Waals surface area contributed by atoms with Crippen LogP contribution in [0.15, 0.2) is 12.1 Å². The first kappa shape index (κ1) is 10.5. The van der Waals surface area contributed by atoms with Gasteiger partial charge < -0.3 is 5.11 Å². The molecular formula is C11H15ClOS. The van der Waals surface area contributed by atoms with Gasteiger partial charge in [0.2, 0.25) is 0 Å². The van der Waals surface area contributed by atoms with Crippen molar-refractivity contribution in [2.45, 2.75) is 38.7 Å². The maximum Gasteiger partial charge on any atom is 0.0931 e. The average Bonchev–Trinajstić information content (AvgIpc) is 2.59. The third-order valence-corrected chi connectivity index (χ3v) is 5.06. The predicted molar refractivity (Wildman–Crippen MR) is 61.1 cm³/mol. The molecular weight excluding hydrogens is 216 g/mol. The van der Waals surface area contributed by atoms with Crippen molar-refractivity contribution in [1.82, 2.24) is 0 Å². The van der Waals surface area contributed by atoms with E-state index >= 15 is 0 Å². The van der Waals surface area contributed by atoms with Crippen LogP contribution < -0.4 is 0 Å². The molecule has 1 aromatic heterocycles. The molecule has 1 fully saturated rings. The van der Waals surface area contributed by atoms with E-state index in [-0.39, 0.29) is 11.5 Å². The predicted octanol–water partition coefficient (Wildman–Crippen LogP) is 3.67. The Hall–Kier alpha value is -0.0500. The second-order valence-corrected chi connectivity index (χ2v) is 6.05. The summed E-state index contributed by atoms with van der Waals surface area (Å²) in [5.41, 5.74) is 0.0637. The average molecular weight is 231 g/mol. The van der Waals surface area contributed by atoms with Crippen molar-refractivity contribution < 1.29 is 5.11 Å². The third-order valence-electron chi connectivity index (χ3n) is 3.72. The molecule has 78 valence electrons. The molecule has 1 aliphatic rings. The van der Waals surface area contributed by atoms with Crippen LogP contribution in [-0.4, -0.2) is 11.2 Å². The van der Waals surface area contributed by atoms with Gasteiger partial charge in [0.1, 0.15) is 0 Å². The largest absolute Gasteiger partial charge is 0.393 e. The summed E-state index contributed by atoms with van der Waals surface area (Å²) in [5, 5.41) is 9.78. The molecule has 0 bridgehead atoms. The van der Waals surface area contributed by atoms with Gasteiger partial charge in [-0.05, 0) is 25.0 Å². The first-order valence-electron chi connectivity index (χ1n) is 5.01. The zero-order chi connectivity index (χ0) is 10.3. The molecule has 0 aliphatic heterocycles. The number of halogens is 1. The number of aliphatic hydroxyl groups is 1. The second kappa shape index (κ2) is 3.51. The zero-order valence-corrected chi connectivity index (χ0v) is 10.0. The molecule has 2 rings (SSSR count). The summed E-state index contributed by atoms with van der Waals surface area (Å²) in [4.78, 5) is 1.32. The Balaban J connectivity index is 2.22. The van der Waals surface area contributed by atoms with Crippen molar-refractivity contribution in [3.63, 3.8) is 0 Å². The van der Waals surface area contributed by atoms with Gasteiger partial charge in [-0.25, -0.2) is 0 Å². The summed E-state index contributed by atoms with van der Waals surface area (Å²) in [6.07, 6.45) is 1.77. The van der Waals surface area contributed by atoms with E-state index in [1.165, 1.54) is 4.88 Å². The van der Waals surface area contributed by atoms with Crippen molar-refractivity contribution in [3.05, 3.63) is 21.3 Å². The maximum absolute atomic E-state index is 9.78. The number of rotatable bonds is 2. The highest BCUT2D eigenvalue weighted by Crippen LogP contribution is 2.56. The van der Waals surface area contributed by atoms with E-state index in [4.69, 9.17) is 11.6 Å². The summed E-state index contributed by atoms with van der Waals surface area (Å²) in [6, 6.07) is 4.04. The van der Waals surface area contributed by atoms with Crippen molar-refractivity contribution in [2.24, 2.45) is 5.41 Å². The molecule has 14 heavy (non-hydrogen) atoms. The Labute approximate surface area is 93.7 Å². The number of thiophene rings is 1. The fraction of sp³-hybridized carbons (Fsp3) is 0.636. The van der Waals surface area contributed by atoms with Gasteiger partial charge in [-0.3, -0.25) is 0 Å². The molecule has 1 nitrogen and oxygen atoms in total. The minimum absolute atomic E-state index is 0.0637. The molecule has 3 heteroatoms. The van der Waals surface area contributed by atoms with Crippen LogP contribution in [0.25, 0.3) is 0 Å². The Kier molecular flexibility index (Phi) is 2.63. The molecule has 0 aromatic carbocycles. The van der Waals surface area contributed by atoms with E-state index in [2.05, 4.69) is 19.9 Å². The zero-order valence-electron chi connectivity index (χ0n) is 8.46. The lowest BCUT2D eigenvalue weighted by Crippen LogP contribution is -2.48. The molecule has 1 aliphatic carbocycles. The molecule has 0 spiro atoms. The Bertz CT molecular complexity index is 336. The smallest absolute Gasteiger partial charge is 0.0931 e. The standard InChI is InChI=1S/C11H15ClOS/c1-3-11(2)7(6-9(11)13)8-4-5-10(12)14-8/h4-5,7,9,13H,3,6H2,1-2H3. The van der Waals surface area contributed by atoms with Gasteiger partial charge in [-0.1, -0.05) is 25.4 Å². The van der Waals surface area contributed by atoms with Crippen molar-refractivity contribution >= 4 is 22.9 Å². The first-order valence-corrected chi connectivity index (χ1v) is 6.20. The fourth-order valence-electron chi connectivity index (χ4n) is 2.27. The van der Waals surface area contributed by atoms with E-state index in [0.717, 1.165) is 17.2 Å². The monoisotopic (exact) mass is 230 g/mol. The van der Waals surface area contributed by atoms with E-state index in [0.29, 0.717) is 5.92 Å². The summed E-state index contributed by atoms with van der Waals surface area (Å²) in [7, 11) is 0. The van der Waals surface area contributed by atoms with E-state index in [9.17, 15) is 5.11 Å². The Morgan fingerprint density at radius 1 is 1.64 bits per heavy atom. The highest BCUT2D eigenvalue weighted by Gasteiger charge is 2.50. The van der Waals surface area contributed by atoms with Crippen LogP contribution in [0.2, 0.25) is 4.34 Å². The van der Waals surface area contributed by atoms with Gasteiger partial charge in [0, 0.05) is 16.2 Å². The number of aliphatic hydroxyl groups excluding tert-OH is 1. The van der Waals surface area contributed by atoms with E-state index in [1.807, 2.05) is 6.07 Å². The van der Waals surface area contributed by atoms with Crippen molar-refractivity contribution in [3.8, 4) is 0 Å².